The van der Waals surface area contributed by atoms with Gasteiger partial charge in [-0.3, -0.25) is 23.5 Å². The van der Waals surface area contributed by atoms with E-state index in [0.717, 1.165) is 25.7 Å². The van der Waals surface area contributed by atoms with E-state index in [1.807, 2.05) is 0 Å². The highest BCUT2D eigenvalue weighted by Crippen LogP contribution is 2.73. The zero-order valence-corrected chi connectivity index (χ0v) is 41.7. The molecule has 4 aliphatic rings. The van der Waals surface area contributed by atoms with Crippen LogP contribution in [0.5, 0.6) is 0 Å². The van der Waals surface area contributed by atoms with E-state index in [-0.39, 0.29) is 30.1 Å². The molecule has 4 fully saturated rings. The monoisotopic (exact) mass is 949 g/mol. The zero-order valence-electron chi connectivity index (χ0n) is 40.1. The summed E-state index contributed by atoms with van der Waals surface area (Å²) in [5.41, 5.74) is -2.17. The fourth-order valence-corrected chi connectivity index (χ4v) is 16.5. The molecule has 3 aliphatic carbocycles. The fourth-order valence-electron chi connectivity index (χ4n) is 14.2. The summed E-state index contributed by atoms with van der Waals surface area (Å²) in [5, 5.41) is 38.9. The van der Waals surface area contributed by atoms with Gasteiger partial charge >= 0.3 is 5.97 Å². The third-order valence-electron chi connectivity index (χ3n) is 16.1. The lowest BCUT2D eigenvalue weighted by molar-refractivity contribution is -0.143. The summed E-state index contributed by atoms with van der Waals surface area (Å²) in [5.74, 6) is -8.86. The van der Waals surface area contributed by atoms with Gasteiger partial charge in [-0.1, -0.05) is 66.7 Å². The number of hydrogen-bond acceptors (Lipinski definition) is 11. The van der Waals surface area contributed by atoms with Gasteiger partial charge in [0, 0.05) is 59.5 Å². The predicted octanol–water partition coefficient (Wildman–Crippen LogP) is 4.13. The summed E-state index contributed by atoms with van der Waals surface area (Å²) in [7, 11) is -2.36. The first-order valence-electron chi connectivity index (χ1n) is 23.9. The van der Waals surface area contributed by atoms with E-state index in [1.165, 1.54) is 4.90 Å². The van der Waals surface area contributed by atoms with Crippen LogP contribution in [0.25, 0.3) is 0 Å². The normalized spacial score (nSPS) is 35.8. The van der Waals surface area contributed by atoms with Crippen molar-refractivity contribution in [3.8, 4) is 0 Å². The summed E-state index contributed by atoms with van der Waals surface area (Å²) in [6.45, 7) is 11.1. The molecule has 372 valence electrons. The van der Waals surface area contributed by atoms with Crippen LogP contribution in [-0.4, -0.2) is 147 Å². The van der Waals surface area contributed by atoms with Gasteiger partial charge in [-0.05, 0) is 122 Å². The Morgan fingerprint density at radius 3 is 1.59 bits per heavy atom. The van der Waals surface area contributed by atoms with Crippen LogP contribution >= 0.6 is 0 Å². The molecule has 0 aromatic heterocycles. The summed E-state index contributed by atoms with van der Waals surface area (Å²) < 4.78 is 71.9. The Kier molecular flexibility index (Phi) is 19.2. The highest BCUT2D eigenvalue weighted by molar-refractivity contribution is 7.86. The standard InChI is InChI=1S/C46H84N4O12S2/c1-28-35-33(45(2,3)26-63(57,58)59)20-14-15-21-47-24-29(51)17-12-10-11-13-18-30(52)25-48-22-16-19-31-39(43(55)49(6)7)40-36(28)37(41(35)44(56)50(8)9)32(23-34(53)54)38(40)42(31)46(4,5)27-64(60,61)62/h28-33,35-42,47-48,51-52H,10-27H2,1-9H3,(H,53,54)(H,57,58,59)(H,60,61,62). The van der Waals surface area contributed by atoms with E-state index in [4.69, 9.17) is 0 Å². The Morgan fingerprint density at radius 2 is 1.09 bits per heavy atom. The van der Waals surface area contributed by atoms with Gasteiger partial charge in [0.15, 0.2) is 0 Å². The van der Waals surface area contributed by atoms with Crippen molar-refractivity contribution in [3.63, 3.8) is 0 Å². The quantitative estimate of drug-likeness (QED) is 0.152. The van der Waals surface area contributed by atoms with Crippen LogP contribution in [0.1, 0.15) is 112 Å². The number of hydrogen-bond donors (Lipinski definition) is 7. The van der Waals surface area contributed by atoms with Crippen molar-refractivity contribution < 1.29 is 55.6 Å². The number of aliphatic carboxylic acids is 1. The molecule has 3 saturated carbocycles. The number of fused-ring (bicyclic) bond motifs is 2. The zero-order chi connectivity index (χ0) is 48.1. The first-order valence-corrected chi connectivity index (χ1v) is 27.1. The van der Waals surface area contributed by atoms with Crippen molar-refractivity contribution in [2.45, 2.75) is 124 Å². The van der Waals surface area contributed by atoms with Gasteiger partial charge in [-0.25, -0.2) is 0 Å². The van der Waals surface area contributed by atoms with E-state index in [1.54, 1.807) is 60.8 Å². The number of nitrogens with zero attached hydrogens (tertiary/aromatic N) is 2. The summed E-state index contributed by atoms with van der Waals surface area (Å²) in [6.07, 6.45) is 6.39. The number of amides is 2. The van der Waals surface area contributed by atoms with Crippen molar-refractivity contribution in [2.75, 3.05) is 65.9 Å². The number of aliphatic hydroxyl groups excluding tert-OH is 2. The molecule has 2 amide bonds. The minimum Gasteiger partial charge on any atom is -0.481 e. The molecule has 16 nitrogen and oxygen atoms in total. The van der Waals surface area contributed by atoms with Gasteiger partial charge in [0.25, 0.3) is 20.2 Å². The van der Waals surface area contributed by atoms with Crippen LogP contribution in [0.2, 0.25) is 0 Å². The molecule has 1 saturated heterocycles. The van der Waals surface area contributed by atoms with E-state index in [2.05, 4.69) is 17.6 Å². The van der Waals surface area contributed by atoms with Crippen LogP contribution in [0, 0.1) is 81.8 Å². The third kappa shape index (κ3) is 13.6. The molecule has 14 unspecified atom stereocenters. The maximum Gasteiger partial charge on any atom is 0.303 e. The lowest BCUT2D eigenvalue weighted by Gasteiger charge is -2.45. The van der Waals surface area contributed by atoms with Crippen LogP contribution in [0.3, 0.4) is 0 Å². The van der Waals surface area contributed by atoms with E-state index >= 15 is 0 Å². The molecule has 0 aromatic rings. The van der Waals surface area contributed by atoms with Crippen LogP contribution in [0.15, 0.2) is 0 Å². The van der Waals surface area contributed by atoms with Crippen LogP contribution < -0.4 is 10.6 Å². The molecule has 0 aromatic carbocycles. The van der Waals surface area contributed by atoms with Crippen LogP contribution in [0.4, 0.5) is 0 Å². The lowest BCUT2D eigenvalue weighted by atomic mass is 9.61. The van der Waals surface area contributed by atoms with E-state index in [0.29, 0.717) is 71.1 Å². The minimum absolute atomic E-state index is 0.163. The molecule has 4 rings (SSSR count). The van der Waals surface area contributed by atoms with Crippen molar-refractivity contribution >= 4 is 38.0 Å². The van der Waals surface area contributed by atoms with Gasteiger partial charge in [-0.2, -0.15) is 16.8 Å². The second-order valence-electron chi connectivity index (χ2n) is 22.1. The van der Waals surface area contributed by atoms with Crippen molar-refractivity contribution in [1.29, 1.82) is 0 Å². The number of carbonyl (C=O) groups excluding carboxylic acids is 2. The lowest BCUT2D eigenvalue weighted by Crippen LogP contribution is -2.46. The Bertz CT molecular complexity index is 1790. The van der Waals surface area contributed by atoms with Gasteiger partial charge in [0.1, 0.15) is 0 Å². The second-order valence-corrected chi connectivity index (χ2v) is 25.0. The maximum atomic E-state index is 15.0. The van der Waals surface area contributed by atoms with Gasteiger partial charge in [-0.15, -0.1) is 0 Å². The molecule has 4 bridgehead atoms. The van der Waals surface area contributed by atoms with Gasteiger partial charge in [0.2, 0.25) is 11.8 Å². The summed E-state index contributed by atoms with van der Waals surface area (Å²) >= 11 is 0. The van der Waals surface area contributed by atoms with Gasteiger partial charge < -0.3 is 35.8 Å². The van der Waals surface area contributed by atoms with Crippen molar-refractivity contribution in [2.24, 2.45) is 81.8 Å². The Balaban J connectivity index is 1.95. The SMILES string of the molecule is CC1C2C3C(CC(=O)O)C4C2C(C(=O)N(C)C)C(CCCNCC(O)CCCCCCC(O)CNCCCCC(C(C)(C)CS(=O)(=O)O)C1C3C(=O)N(C)C)C4C(C)(C)CS(=O)(=O)O. The Morgan fingerprint density at radius 1 is 0.609 bits per heavy atom. The average Bonchev–Trinajstić information content (AvgIpc) is 3.74. The fraction of sp³-hybridized carbons (Fsp3) is 0.935. The highest BCUT2D eigenvalue weighted by atomic mass is 32.2. The van der Waals surface area contributed by atoms with Gasteiger partial charge in [0.05, 0.1) is 23.7 Å². The number of carboxylic acid groups (broad SMARTS) is 1. The minimum atomic E-state index is -4.55. The van der Waals surface area contributed by atoms with Crippen molar-refractivity contribution in [1.82, 2.24) is 20.4 Å². The molecular formula is C46H84N4O12S2. The molecule has 1 aliphatic heterocycles. The smallest absolute Gasteiger partial charge is 0.303 e. The predicted molar refractivity (Wildman–Crippen MR) is 246 cm³/mol. The third-order valence-corrected chi connectivity index (χ3v) is 18.3. The Hall–Kier alpha value is -1.93. The highest BCUT2D eigenvalue weighted by Gasteiger charge is 2.73. The number of nitrogens with one attached hydrogen (secondary N) is 2. The molecule has 1 heterocycles. The average molecular weight is 949 g/mol. The molecule has 0 radical (unpaired) electrons. The van der Waals surface area contributed by atoms with Crippen LogP contribution in [-0.2, 0) is 34.6 Å². The largest absolute Gasteiger partial charge is 0.481 e. The topological polar surface area (TPSA) is 251 Å². The first-order chi connectivity index (χ1) is 29.6. The maximum absolute atomic E-state index is 15.0. The second kappa shape index (κ2) is 22.5. The number of carbonyl (C=O) groups is 3. The molecule has 7 N–H and O–H groups in total. The summed E-state index contributed by atoms with van der Waals surface area (Å²) in [4.78, 5) is 46.1. The van der Waals surface area contributed by atoms with E-state index in [9.17, 15) is 55.6 Å². The molecule has 64 heavy (non-hydrogen) atoms. The molecule has 18 heteroatoms. The van der Waals surface area contributed by atoms with Crippen molar-refractivity contribution in [3.05, 3.63) is 0 Å². The molecule has 0 spiro atoms. The number of aliphatic hydroxyl groups is 2. The number of rotatable bonds is 10. The molecule has 14 atom stereocenters. The Labute approximate surface area is 384 Å². The first kappa shape index (κ1) is 54.7. The number of β-amino-alcohol motifs (C(OH)–C–C–N with tert-alkyl or cyclic N) is 2. The molecular weight excluding hydrogens is 865 g/mol. The number of carboxylic acids is 1. The van der Waals surface area contributed by atoms with E-state index < -0.39 is 120 Å². The summed E-state index contributed by atoms with van der Waals surface area (Å²) in [6, 6.07) is 0.